The van der Waals surface area contributed by atoms with Crippen LogP contribution in [0.3, 0.4) is 0 Å². The molecule has 7 nitrogen and oxygen atoms in total. The molecule has 0 saturated carbocycles. The van der Waals surface area contributed by atoms with E-state index in [-0.39, 0.29) is 17.7 Å². The molecule has 1 aliphatic rings. The lowest BCUT2D eigenvalue weighted by molar-refractivity contribution is 0.127. The maximum atomic E-state index is 13.5. The Labute approximate surface area is 170 Å². The predicted molar refractivity (Wildman–Crippen MR) is 108 cm³/mol. The van der Waals surface area contributed by atoms with Gasteiger partial charge in [0.1, 0.15) is 5.82 Å². The van der Waals surface area contributed by atoms with Crippen LogP contribution in [0.2, 0.25) is 0 Å². The van der Waals surface area contributed by atoms with Crippen LogP contribution in [0.4, 0.5) is 4.39 Å². The number of piperazine rings is 1. The van der Waals surface area contributed by atoms with Crippen molar-refractivity contribution in [3.8, 4) is 17.5 Å². The van der Waals surface area contributed by atoms with Crippen molar-refractivity contribution >= 4 is 16.3 Å². The molecular weight excluding hydrogens is 393 g/mol. The number of aromatic nitrogens is 3. The van der Waals surface area contributed by atoms with Gasteiger partial charge in [-0.15, -0.1) is 5.10 Å². The van der Waals surface area contributed by atoms with Crippen molar-refractivity contribution in [3.63, 3.8) is 0 Å². The minimum absolute atomic E-state index is 0.0589. The molecule has 0 aliphatic carbocycles. The summed E-state index contributed by atoms with van der Waals surface area (Å²) in [6, 6.07) is 9.84. The molecule has 9 heteroatoms. The van der Waals surface area contributed by atoms with Gasteiger partial charge in [-0.3, -0.25) is 4.90 Å². The Bertz CT molecular complexity index is 1110. The molecule has 29 heavy (non-hydrogen) atoms. The molecule has 5 rings (SSSR count). The summed E-state index contributed by atoms with van der Waals surface area (Å²) in [6.45, 7) is 3.57. The van der Waals surface area contributed by atoms with Crippen molar-refractivity contribution in [2.45, 2.75) is 6.04 Å². The van der Waals surface area contributed by atoms with E-state index in [9.17, 15) is 9.50 Å². The van der Waals surface area contributed by atoms with Crippen LogP contribution >= 0.6 is 11.3 Å². The van der Waals surface area contributed by atoms with Crippen LogP contribution in [-0.2, 0) is 0 Å². The molecule has 150 valence electrons. The van der Waals surface area contributed by atoms with E-state index in [4.69, 9.17) is 4.42 Å². The maximum absolute atomic E-state index is 13.5. The molecule has 1 N–H and O–H groups in total. The van der Waals surface area contributed by atoms with Crippen LogP contribution in [0.15, 0.2) is 47.1 Å². The quantitative estimate of drug-likeness (QED) is 0.554. The lowest BCUT2D eigenvalue weighted by Crippen LogP contribution is -2.46. The Morgan fingerprint density at radius 2 is 1.90 bits per heavy atom. The molecule has 4 aromatic rings. The number of hydrogen-bond donors (Lipinski definition) is 1. The number of likely N-dealkylation sites (N-methyl/N-ethyl adjacent to an activating group) is 1. The Hall–Kier alpha value is -2.75. The van der Waals surface area contributed by atoms with Gasteiger partial charge in [-0.05, 0) is 36.9 Å². The number of furan rings is 1. The van der Waals surface area contributed by atoms with E-state index in [1.807, 2.05) is 0 Å². The highest BCUT2D eigenvalue weighted by Crippen LogP contribution is 2.40. The van der Waals surface area contributed by atoms with Crippen LogP contribution in [0.25, 0.3) is 16.5 Å². The highest BCUT2D eigenvalue weighted by molar-refractivity contribution is 7.17. The Morgan fingerprint density at radius 3 is 2.55 bits per heavy atom. The van der Waals surface area contributed by atoms with E-state index in [0.717, 1.165) is 36.6 Å². The molecule has 0 amide bonds. The SMILES string of the molecule is CN1CCN([C@H](c2ccc(F)cc2)c2sc3nc(-c4ccco4)nn3c2O)CC1. The van der Waals surface area contributed by atoms with E-state index in [1.165, 1.54) is 28.0 Å². The van der Waals surface area contributed by atoms with Crippen LogP contribution in [0.5, 0.6) is 5.88 Å². The topological polar surface area (TPSA) is 70.0 Å². The summed E-state index contributed by atoms with van der Waals surface area (Å²) in [5, 5.41) is 15.4. The second-order valence-electron chi connectivity index (χ2n) is 7.19. The van der Waals surface area contributed by atoms with Gasteiger partial charge in [0.15, 0.2) is 5.76 Å². The number of rotatable bonds is 4. The molecule has 0 unspecified atom stereocenters. The van der Waals surface area contributed by atoms with Gasteiger partial charge in [0.2, 0.25) is 16.7 Å². The number of thiazole rings is 1. The van der Waals surface area contributed by atoms with Crippen LogP contribution < -0.4 is 0 Å². The van der Waals surface area contributed by atoms with Crippen LogP contribution in [0.1, 0.15) is 16.5 Å². The third-order valence-electron chi connectivity index (χ3n) is 5.28. The van der Waals surface area contributed by atoms with Crippen LogP contribution in [0, 0.1) is 5.82 Å². The minimum atomic E-state index is -0.277. The number of fused-ring (bicyclic) bond motifs is 1. The zero-order valence-corrected chi connectivity index (χ0v) is 16.6. The van der Waals surface area contributed by atoms with Crippen LogP contribution in [-0.4, -0.2) is 62.7 Å². The lowest BCUT2D eigenvalue weighted by atomic mass is 10.0. The molecule has 1 atom stereocenters. The number of nitrogens with zero attached hydrogens (tertiary/aromatic N) is 5. The van der Waals surface area contributed by atoms with Gasteiger partial charge in [-0.2, -0.15) is 9.50 Å². The fourth-order valence-electron chi connectivity index (χ4n) is 3.69. The molecule has 1 saturated heterocycles. The van der Waals surface area contributed by atoms with Crippen molar-refractivity contribution < 1.29 is 13.9 Å². The fourth-order valence-corrected chi connectivity index (χ4v) is 4.81. The molecule has 4 heterocycles. The fraction of sp³-hybridized carbons (Fsp3) is 0.300. The average Bonchev–Trinajstić information content (AvgIpc) is 3.44. The number of halogens is 1. The molecule has 3 aromatic heterocycles. The van der Waals surface area contributed by atoms with Gasteiger partial charge >= 0.3 is 0 Å². The van der Waals surface area contributed by atoms with Crippen molar-refractivity contribution in [2.75, 3.05) is 33.2 Å². The Kier molecular flexibility index (Phi) is 4.57. The zero-order valence-electron chi connectivity index (χ0n) is 15.8. The monoisotopic (exact) mass is 413 g/mol. The van der Waals surface area contributed by atoms with Crippen molar-refractivity contribution in [2.24, 2.45) is 0 Å². The van der Waals surface area contributed by atoms with E-state index >= 15 is 0 Å². The van der Waals surface area contributed by atoms with Crippen molar-refractivity contribution in [1.82, 2.24) is 24.4 Å². The smallest absolute Gasteiger partial charge is 0.230 e. The summed E-state index contributed by atoms with van der Waals surface area (Å²) in [5.41, 5.74) is 0.932. The normalized spacial score (nSPS) is 17.2. The first-order valence-corrected chi connectivity index (χ1v) is 10.2. The molecule has 0 spiro atoms. The predicted octanol–water partition coefficient (Wildman–Crippen LogP) is 3.23. The molecule has 1 fully saturated rings. The van der Waals surface area contributed by atoms with Gasteiger partial charge in [-0.25, -0.2) is 4.39 Å². The minimum Gasteiger partial charge on any atom is -0.492 e. The zero-order chi connectivity index (χ0) is 20.0. The summed E-state index contributed by atoms with van der Waals surface area (Å²) in [5.74, 6) is 0.765. The van der Waals surface area contributed by atoms with Gasteiger partial charge in [0.05, 0.1) is 17.2 Å². The van der Waals surface area contributed by atoms with Gasteiger partial charge in [0, 0.05) is 26.2 Å². The summed E-state index contributed by atoms with van der Waals surface area (Å²) >= 11 is 1.39. The lowest BCUT2D eigenvalue weighted by Gasteiger charge is -2.37. The summed E-state index contributed by atoms with van der Waals surface area (Å²) in [7, 11) is 2.10. The van der Waals surface area contributed by atoms with Crippen molar-refractivity contribution in [1.29, 1.82) is 0 Å². The second kappa shape index (κ2) is 7.25. The van der Waals surface area contributed by atoms with E-state index in [2.05, 4.69) is 26.9 Å². The third kappa shape index (κ3) is 3.31. The standard InChI is InChI=1S/C20H20FN5O2S/c1-24-8-10-25(11-9-24)16(13-4-6-14(21)7-5-13)17-19(27)26-20(29-17)22-18(23-26)15-3-2-12-28-15/h2-7,12,16,27H,8-11H2,1H3/t16-/m1/s1. The molecule has 1 aromatic carbocycles. The van der Waals surface area contributed by atoms with Crippen molar-refractivity contribution in [3.05, 3.63) is 58.9 Å². The van der Waals surface area contributed by atoms with E-state index < -0.39 is 0 Å². The van der Waals surface area contributed by atoms with Gasteiger partial charge in [-0.1, -0.05) is 23.5 Å². The molecule has 0 radical (unpaired) electrons. The number of benzene rings is 1. The number of aromatic hydroxyl groups is 1. The largest absolute Gasteiger partial charge is 0.492 e. The summed E-state index contributed by atoms with van der Waals surface area (Å²) < 4.78 is 20.3. The van der Waals surface area contributed by atoms with Gasteiger partial charge in [0.25, 0.3) is 0 Å². The van der Waals surface area contributed by atoms with E-state index in [0.29, 0.717) is 16.5 Å². The van der Waals surface area contributed by atoms with E-state index in [1.54, 1.807) is 30.5 Å². The highest BCUT2D eigenvalue weighted by atomic mass is 32.1. The first-order chi connectivity index (χ1) is 14.1. The first-order valence-electron chi connectivity index (χ1n) is 9.40. The molecule has 0 bridgehead atoms. The molecular formula is C20H20FN5O2S. The Morgan fingerprint density at radius 1 is 1.14 bits per heavy atom. The molecule has 1 aliphatic heterocycles. The summed E-state index contributed by atoms with van der Waals surface area (Å²) in [4.78, 5) is 10.4. The highest BCUT2D eigenvalue weighted by Gasteiger charge is 2.31. The Balaban J connectivity index is 1.57. The second-order valence-corrected chi connectivity index (χ2v) is 8.20. The number of hydrogen-bond acceptors (Lipinski definition) is 7. The summed E-state index contributed by atoms with van der Waals surface area (Å²) in [6.07, 6.45) is 1.56. The average molecular weight is 413 g/mol. The first kappa shape index (κ1) is 18.3. The third-order valence-corrected chi connectivity index (χ3v) is 6.35. The maximum Gasteiger partial charge on any atom is 0.230 e. The van der Waals surface area contributed by atoms with Gasteiger partial charge < -0.3 is 14.4 Å².